The van der Waals surface area contributed by atoms with Gasteiger partial charge in [-0.25, -0.2) is 0 Å². The summed E-state index contributed by atoms with van der Waals surface area (Å²) in [4.78, 5) is 14.2. The molecule has 1 unspecified atom stereocenters. The van der Waals surface area contributed by atoms with Crippen LogP contribution in [-0.4, -0.2) is 23.4 Å². The van der Waals surface area contributed by atoms with Crippen molar-refractivity contribution in [3.8, 4) is 0 Å². The molecule has 96 valence electrons. The summed E-state index contributed by atoms with van der Waals surface area (Å²) in [6, 6.07) is 1.99. The molecule has 1 atom stereocenters. The molecule has 3 nitrogen and oxygen atoms in total. The zero-order chi connectivity index (χ0) is 12.8. The highest BCUT2D eigenvalue weighted by atomic mass is 79.9. The second-order valence-electron chi connectivity index (χ2n) is 4.25. The van der Waals surface area contributed by atoms with E-state index in [2.05, 4.69) is 36.7 Å². The van der Waals surface area contributed by atoms with Crippen LogP contribution < -0.4 is 0 Å². The normalized spacial score (nSPS) is 12.5. The molecule has 0 aliphatic heterocycles. The molecular formula is C13H20BrNO2. The van der Waals surface area contributed by atoms with E-state index >= 15 is 0 Å². The Labute approximate surface area is 111 Å². The Morgan fingerprint density at radius 3 is 2.71 bits per heavy atom. The highest BCUT2D eigenvalue weighted by Gasteiger charge is 2.21. The lowest BCUT2D eigenvalue weighted by atomic mass is 10.1. The van der Waals surface area contributed by atoms with Crippen molar-refractivity contribution in [2.45, 2.75) is 46.1 Å². The molecule has 0 radical (unpaired) electrons. The third-order valence-corrected chi connectivity index (χ3v) is 3.37. The molecule has 0 saturated carbocycles. The van der Waals surface area contributed by atoms with Crippen LogP contribution in [-0.2, 0) is 0 Å². The monoisotopic (exact) mass is 301 g/mol. The minimum atomic E-state index is 0.0576. The molecule has 0 aliphatic carbocycles. The van der Waals surface area contributed by atoms with Gasteiger partial charge in [-0.1, -0.05) is 20.3 Å². The molecule has 0 aromatic carbocycles. The molecule has 1 rings (SSSR count). The summed E-state index contributed by atoms with van der Waals surface area (Å²) in [5, 5.41) is 0. The van der Waals surface area contributed by atoms with E-state index in [1.54, 1.807) is 6.07 Å². The number of unbranched alkanes of at least 4 members (excludes halogenated alkanes) is 1. The van der Waals surface area contributed by atoms with Gasteiger partial charge in [0.1, 0.15) is 6.26 Å². The number of rotatable bonds is 6. The van der Waals surface area contributed by atoms with Crippen LogP contribution in [0, 0.1) is 0 Å². The first-order valence-corrected chi connectivity index (χ1v) is 6.94. The largest absolute Gasteiger partial charge is 0.457 e. The number of amides is 1. The topological polar surface area (TPSA) is 33.5 Å². The van der Waals surface area contributed by atoms with E-state index in [1.807, 2.05) is 4.90 Å². The molecule has 1 amide bonds. The quantitative estimate of drug-likeness (QED) is 0.793. The van der Waals surface area contributed by atoms with Crippen molar-refractivity contribution >= 4 is 21.8 Å². The number of hydrogen-bond donors (Lipinski definition) is 0. The number of hydrogen-bond acceptors (Lipinski definition) is 2. The van der Waals surface area contributed by atoms with Crippen LogP contribution in [0.15, 0.2) is 21.4 Å². The number of nitrogens with zero attached hydrogens (tertiary/aromatic N) is 1. The molecule has 0 fully saturated rings. The molecule has 17 heavy (non-hydrogen) atoms. The fourth-order valence-electron chi connectivity index (χ4n) is 1.66. The summed E-state index contributed by atoms with van der Waals surface area (Å²) in [5.74, 6) is 0.0576. The predicted molar refractivity (Wildman–Crippen MR) is 72.1 cm³/mol. The van der Waals surface area contributed by atoms with E-state index < -0.39 is 0 Å². The molecule has 1 aromatic heterocycles. The summed E-state index contributed by atoms with van der Waals surface area (Å²) < 4.78 is 5.72. The van der Waals surface area contributed by atoms with Gasteiger partial charge >= 0.3 is 0 Å². The summed E-state index contributed by atoms with van der Waals surface area (Å²) >= 11 is 3.22. The van der Waals surface area contributed by atoms with Crippen molar-refractivity contribution in [1.29, 1.82) is 0 Å². The van der Waals surface area contributed by atoms with E-state index in [1.165, 1.54) is 6.26 Å². The summed E-state index contributed by atoms with van der Waals surface area (Å²) in [6.07, 6.45) is 4.60. The Hall–Kier alpha value is -0.770. The first-order valence-electron chi connectivity index (χ1n) is 6.15. The van der Waals surface area contributed by atoms with E-state index in [9.17, 15) is 4.79 Å². The lowest BCUT2D eigenvalue weighted by Gasteiger charge is -2.28. The summed E-state index contributed by atoms with van der Waals surface area (Å²) in [5.41, 5.74) is 0.619. The van der Waals surface area contributed by atoms with Gasteiger partial charge in [0.2, 0.25) is 0 Å². The number of carbonyl (C=O) groups excluding carboxylic acids is 1. The predicted octanol–water partition coefficient (Wildman–Crippen LogP) is 4.08. The Morgan fingerprint density at radius 1 is 1.53 bits per heavy atom. The molecule has 0 aliphatic rings. The van der Waals surface area contributed by atoms with Crippen LogP contribution in [0.5, 0.6) is 0 Å². The SMILES string of the molecule is CCCCN(C(=O)c1coc(Br)c1)C(C)CC. The maximum Gasteiger partial charge on any atom is 0.257 e. The Morgan fingerprint density at radius 2 is 2.24 bits per heavy atom. The molecular weight excluding hydrogens is 282 g/mol. The first kappa shape index (κ1) is 14.3. The molecule has 0 saturated heterocycles. The average Bonchev–Trinajstić information content (AvgIpc) is 2.75. The fraction of sp³-hybridized carbons (Fsp3) is 0.615. The van der Waals surface area contributed by atoms with Crippen molar-refractivity contribution in [1.82, 2.24) is 4.90 Å². The minimum Gasteiger partial charge on any atom is -0.457 e. The second kappa shape index (κ2) is 6.84. The molecule has 1 aromatic rings. The number of furan rings is 1. The zero-order valence-corrected chi connectivity index (χ0v) is 12.3. The van der Waals surface area contributed by atoms with Crippen LogP contribution in [0.1, 0.15) is 50.4 Å². The molecule has 0 bridgehead atoms. The van der Waals surface area contributed by atoms with Gasteiger partial charge in [0.25, 0.3) is 5.91 Å². The van der Waals surface area contributed by atoms with Crippen molar-refractivity contribution < 1.29 is 9.21 Å². The van der Waals surface area contributed by atoms with Crippen LogP contribution in [0.4, 0.5) is 0 Å². The molecule has 0 spiro atoms. The molecule has 0 N–H and O–H groups in total. The van der Waals surface area contributed by atoms with Crippen molar-refractivity contribution in [3.05, 3.63) is 22.6 Å². The first-order chi connectivity index (χ1) is 8.10. The van der Waals surface area contributed by atoms with Gasteiger partial charge in [-0.15, -0.1) is 0 Å². The van der Waals surface area contributed by atoms with Gasteiger partial charge in [-0.2, -0.15) is 0 Å². The fourth-order valence-corrected chi connectivity index (χ4v) is 2.00. The van der Waals surface area contributed by atoms with Crippen LogP contribution >= 0.6 is 15.9 Å². The van der Waals surface area contributed by atoms with Gasteiger partial charge in [-0.3, -0.25) is 4.79 Å². The lowest BCUT2D eigenvalue weighted by molar-refractivity contribution is 0.0684. The van der Waals surface area contributed by atoms with E-state index in [0.717, 1.165) is 25.8 Å². The second-order valence-corrected chi connectivity index (χ2v) is 5.03. The van der Waals surface area contributed by atoms with Gasteiger partial charge < -0.3 is 9.32 Å². The van der Waals surface area contributed by atoms with Crippen molar-refractivity contribution in [2.75, 3.05) is 6.54 Å². The standard InChI is InChI=1S/C13H20BrNO2/c1-4-6-7-15(10(3)5-2)13(16)11-8-12(14)17-9-11/h8-10H,4-7H2,1-3H3. The van der Waals surface area contributed by atoms with Gasteiger partial charge in [0, 0.05) is 18.7 Å². The summed E-state index contributed by atoms with van der Waals surface area (Å²) in [7, 11) is 0. The van der Waals surface area contributed by atoms with Crippen LogP contribution in [0.2, 0.25) is 0 Å². The highest BCUT2D eigenvalue weighted by Crippen LogP contribution is 2.18. The van der Waals surface area contributed by atoms with Crippen molar-refractivity contribution in [2.24, 2.45) is 0 Å². The number of carbonyl (C=O) groups is 1. The van der Waals surface area contributed by atoms with Crippen LogP contribution in [0.3, 0.4) is 0 Å². The Kier molecular flexibility index (Phi) is 5.75. The zero-order valence-electron chi connectivity index (χ0n) is 10.7. The van der Waals surface area contributed by atoms with E-state index in [-0.39, 0.29) is 11.9 Å². The van der Waals surface area contributed by atoms with Gasteiger partial charge in [0.05, 0.1) is 5.56 Å². The minimum absolute atomic E-state index is 0.0576. The maximum atomic E-state index is 12.3. The highest BCUT2D eigenvalue weighted by molar-refractivity contribution is 9.10. The Balaban J connectivity index is 2.78. The maximum absolute atomic E-state index is 12.3. The third kappa shape index (κ3) is 3.87. The van der Waals surface area contributed by atoms with Crippen LogP contribution in [0.25, 0.3) is 0 Å². The van der Waals surface area contributed by atoms with E-state index in [4.69, 9.17) is 4.42 Å². The number of halogens is 1. The molecule has 1 heterocycles. The Bertz CT molecular complexity index is 362. The average molecular weight is 302 g/mol. The molecule has 4 heteroatoms. The van der Waals surface area contributed by atoms with Crippen molar-refractivity contribution in [3.63, 3.8) is 0 Å². The summed E-state index contributed by atoms with van der Waals surface area (Å²) in [6.45, 7) is 7.13. The van der Waals surface area contributed by atoms with Gasteiger partial charge in [0.15, 0.2) is 4.67 Å². The van der Waals surface area contributed by atoms with E-state index in [0.29, 0.717) is 10.2 Å². The smallest absolute Gasteiger partial charge is 0.257 e. The van der Waals surface area contributed by atoms with Gasteiger partial charge in [-0.05, 0) is 35.7 Å². The third-order valence-electron chi connectivity index (χ3n) is 2.95. The lowest BCUT2D eigenvalue weighted by Crippen LogP contribution is -2.38.